The van der Waals surface area contributed by atoms with E-state index < -0.39 is 11.9 Å². The minimum absolute atomic E-state index is 0.126. The van der Waals surface area contributed by atoms with Crippen LogP contribution >= 0.6 is 0 Å². The molecule has 10 nitrogen and oxygen atoms in total. The van der Waals surface area contributed by atoms with Gasteiger partial charge < -0.3 is 25.3 Å². The minimum Gasteiger partial charge on any atom is -0.512 e. The number of nitrogens with two attached hydrogens (primary N) is 1. The van der Waals surface area contributed by atoms with Crippen molar-refractivity contribution in [1.82, 2.24) is 15.1 Å². The molecule has 0 radical (unpaired) electrons. The van der Waals surface area contributed by atoms with Crippen molar-refractivity contribution in [2.45, 2.75) is 41.2 Å². The highest BCUT2D eigenvalue weighted by atomic mass is 16.5. The van der Waals surface area contributed by atoms with Gasteiger partial charge >= 0.3 is 17.6 Å². The summed E-state index contributed by atoms with van der Waals surface area (Å²) in [4.78, 5) is 25.1. The van der Waals surface area contributed by atoms with E-state index in [1.54, 1.807) is 25.5 Å². The molecular formula is C19H33N5O5. The van der Waals surface area contributed by atoms with Crippen LogP contribution in [0, 0.1) is 6.57 Å². The van der Waals surface area contributed by atoms with E-state index >= 15 is 0 Å². The zero-order chi connectivity index (χ0) is 22.7. The second-order valence-electron chi connectivity index (χ2n) is 4.98. The molecule has 1 heterocycles. The highest BCUT2D eigenvalue weighted by Crippen LogP contribution is 2.11. The van der Waals surface area contributed by atoms with E-state index in [2.05, 4.69) is 26.9 Å². The van der Waals surface area contributed by atoms with Crippen LogP contribution in [-0.2, 0) is 25.5 Å². The molecule has 0 aliphatic rings. The number of carbonyl (C=O) groups excluding carboxylic acids is 2. The van der Waals surface area contributed by atoms with E-state index in [1.165, 1.54) is 6.20 Å². The fourth-order valence-corrected chi connectivity index (χ4v) is 1.50. The topological polar surface area (TPSA) is 122 Å². The molecule has 0 spiro atoms. The largest absolute Gasteiger partial charge is 0.512 e. The third-order valence-electron chi connectivity index (χ3n) is 3.00. The molecule has 3 N–H and O–H groups in total. The van der Waals surface area contributed by atoms with E-state index in [4.69, 9.17) is 21.8 Å². The van der Waals surface area contributed by atoms with Crippen LogP contribution in [0.2, 0.25) is 0 Å². The normalized spacial score (nSPS) is 9.76. The fourth-order valence-electron chi connectivity index (χ4n) is 1.50. The van der Waals surface area contributed by atoms with Crippen LogP contribution in [0.15, 0.2) is 18.2 Å². The maximum atomic E-state index is 11.2. The number of carbonyl (C=O) groups is 2. The average Bonchev–Trinajstić information content (AvgIpc) is 3.10. The summed E-state index contributed by atoms with van der Waals surface area (Å²) in [6.45, 7) is 18.5. The Morgan fingerprint density at radius 1 is 1.21 bits per heavy atom. The van der Waals surface area contributed by atoms with E-state index in [0.717, 1.165) is 12.8 Å². The molecule has 0 amide bonds. The summed E-state index contributed by atoms with van der Waals surface area (Å²) in [6, 6.07) is 0. The smallest absolute Gasteiger partial charge is 0.343 e. The SMILES string of the molecule is CCNC.CCOC(=O)c1cnn(CC)c1N.[C-]#[N+]/C(=C/OCC)C(=O)OCC. The molecule has 0 bridgehead atoms. The zero-order valence-electron chi connectivity index (χ0n) is 18.2. The van der Waals surface area contributed by atoms with Crippen LogP contribution in [0.5, 0.6) is 0 Å². The molecule has 0 atom stereocenters. The second-order valence-corrected chi connectivity index (χ2v) is 4.98. The average molecular weight is 412 g/mol. The second kappa shape index (κ2) is 18.3. The summed E-state index contributed by atoms with van der Waals surface area (Å²) < 4.78 is 15.7. The van der Waals surface area contributed by atoms with Crippen molar-refractivity contribution in [2.75, 3.05) is 39.1 Å². The minimum atomic E-state index is -0.638. The van der Waals surface area contributed by atoms with Gasteiger partial charge in [0, 0.05) is 6.54 Å². The number of nitrogen functional groups attached to an aromatic ring is 1. The van der Waals surface area contributed by atoms with Gasteiger partial charge in [-0.2, -0.15) is 5.10 Å². The molecule has 29 heavy (non-hydrogen) atoms. The van der Waals surface area contributed by atoms with Crippen LogP contribution in [0.3, 0.4) is 0 Å². The van der Waals surface area contributed by atoms with Crippen LogP contribution in [0.25, 0.3) is 4.85 Å². The van der Waals surface area contributed by atoms with Gasteiger partial charge in [0.1, 0.15) is 11.4 Å². The van der Waals surface area contributed by atoms with Crippen LogP contribution < -0.4 is 11.1 Å². The Morgan fingerprint density at radius 2 is 1.79 bits per heavy atom. The first kappa shape index (κ1) is 28.2. The number of aromatic nitrogens is 2. The van der Waals surface area contributed by atoms with Crippen molar-refractivity contribution in [3.63, 3.8) is 0 Å². The Morgan fingerprint density at radius 3 is 2.17 bits per heavy atom. The third kappa shape index (κ3) is 12.1. The molecule has 0 saturated carbocycles. The first-order chi connectivity index (χ1) is 13.9. The van der Waals surface area contributed by atoms with Crippen molar-refractivity contribution in [3.8, 4) is 0 Å². The number of nitrogens with zero attached hydrogens (tertiary/aromatic N) is 3. The number of nitrogens with one attached hydrogen (secondary N) is 1. The Bertz CT molecular complexity index is 662. The molecule has 164 valence electrons. The van der Waals surface area contributed by atoms with Crippen molar-refractivity contribution in [1.29, 1.82) is 0 Å². The molecule has 1 rings (SSSR count). The molecule has 10 heteroatoms. The lowest BCUT2D eigenvalue weighted by atomic mass is 10.3. The molecule has 1 aromatic rings. The van der Waals surface area contributed by atoms with Crippen molar-refractivity contribution in [2.24, 2.45) is 0 Å². The molecule has 0 aromatic carbocycles. The Kier molecular flexibility index (Phi) is 17.8. The predicted molar refractivity (Wildman–Crippen MR) is 111 cm³/mol. The summed E-state index contributed by atoms with van der Waals surface area (Å²) in [5.41, 5.74) is 5.86. The molecule has 0 unspecified atom stereocenters. The fraction of sp³-hybridized carbons (Fsp3) is 0.579. The molecule has 0 aliphatic heterocycles. The van der Waals surface area contributed by atoms with Gasteiger partial charge in [-0.15, -0.1) is 0 Å². The monoisotopic (exact) mass is 411 g/mol. The Labute approximate surface area is 172 Å². The first-order valence-corrected chi connectivity index (χ1v) is 9.37. The van der Waals surface area contributed by atoms with Gasteiger partial charge in [-0.1, -0.05) is 6.92 Å². The van der Waals surface area contributed by atoms with Crippen LogP contribution in [-0.4, -0.2) is 55.1 Å². The predicted octanol–water partition coefficient (Wildman–Crippen LogP) is 2.23. The standard InChI is InChI=1S/C8H13N3O2.C8H11NO3.C3H9N/c1-3-11-7(9)6(5-10-11)8(12)13-4-2;1-4-11-6-7(9-3)8(10)12-5-2;1-3-4-2/h5H,3-4,9H2,1-2H3;6H,4-5H2,1-2H3;4H,3H2,1-2H3/b;7-6+;. The Balaban J connectivity index is 0. The van der Waals surface area contributed by atoms with E-state index in [9.17, 15) is 9.59 Å². The van der Waals surface area contributed by atoms with Gasteiger partial charge in [-0.3, -0.25) is 4.79 Å². The Hall–Kier alpha value is -3.06. The van der Waals surface area contributed by atoms with Gasteiger partial charge in [0.05, 0.1) is 38.9 Å². The lowest BCUT2D eigenvalue weighted by Crippen LogP contribution is -2.09. The van der Waals surface area contributed by atoms with Gasteiger partial charge in [0.15, 0.2) is 0 Å². The molecule has 0 fully saturated rings. The van der Waals surface area contributed by atoms with Crippen LogP contribution in [0.1, 0.15) is 45.0 Å². The summed E-state index contributed by atoms with van der Waals surface area (Å²) in [6.07, 6.45) is 2.54. The third-order valence-corrected chi connectivity index (χ3v) is 3.00. The first-order valence-electron chi connectivity index (χ1n) is 9.37. The van der Waals surface area contributed by atoms with Gasteiger partial charge in [0.2, 0.25) is 0 Å². The maximum absolute atomic E-state index is 11.2. The van der Waals surface area contributed by atoms with Crippen molar-refractivity contribution in [3.05, 3.63) is 35.1 Å². The summed E-state index contributed by atoms with van der Waals surface area (Å²) in [5.74, 6) is -0.693. The van der Waals surface area contributed by atoms with Crippen LogP contribution in [0.4, 0.5) is 5.82 Å². The number of rotatable bonds is 8. The number of ether oxygens (including phenoxy) is 3. The molecule has 0 aliphatic carbocycles. The molecule has 1 aromatic heterocycles. The number of hydrogen-bond acceptors (Lipinski definition) is 8. The summed E-state index contributed by atoms with van der Waals surface area (Å²) in [7, 11) is 1.93. The van der Waals surface area contributed by atoms with E-state index in [-0.39, 0.29) is 12.3 Å². The highest BCUT2D eigenvalue weighted by molar-refractivity contribution is 5.94. The van der Waals surface area contributed by atoms with Crippen molar-refractivity contribution < 1.29 is 23.8 Å². The lowest BCUT2D eigenvalue weighted by molar-refractivity contribution is -0.138. The molecular weight excluding hydrogens is 378 g/mol. The molecule has 0 saturated heterocycles. The van der Waals surface area contributed by atoms with E-state index in [1.807, 2.05) is 14.0 Å². The number of hydrogen-bond donors (Lipinski definition) is 2. The summed E-state index contributed by atoms with van der Waals surface area (Å²) >= 11 is 0. The van der Waals surface area contributed by atoms with Gasteiger partial charge in [-0.25, -0.2) is 14.3 Å². The quantitative estimate of drug-likeness (QED) is 0.289. The highest BCUT2D eigenvalue weighted by Gasteiger charge is 2.14. The zero-order valence-corrected chi connectivity index (χ0v) is 18.2. The van der Waals surface area contributed by atoms with Gasteiger partial charge in [0.25, 0.3) is 0 Å². The number of aryl methyl sites for hydroxylation is 1. The maximum Gasteiger partial charge on any atom is 0.343 e. The van der Waals surface area contributed by atoms with Crippen molar-refractivity contribution >= 4 is 17.8 Å². The lowest BCUT2D eigenvalue weighted by Gasteiger charge is -2.01. The van der Waals surface area contributed by atoms with E-state index in [0.29, 0.717) is 31.1 Å². The number of esters is 2. The van der Waals surface area contributed by atoms with Gasteiger partial charge in [-0.05, 0) is 41.3 Å². The number of anilines is 1. The summed E-state index contributed by atoms with van der Waals surface area (Å²) in [5, 5.41) is 6.86.